The highest BCUT2D eigenvalue weighted by Gasteiger charge is 2.15. The molecule has 0 saturated carbocycles. The Hall–Kier alpha value is -2.95. The first kappa shape index (κ1) is 21.3. The first-order chi connectivity index (χ1) is 15.3. The number of hydrogen-bond donors (Lipinski definition) is 1. The zero-order valence-electron chi connectivity index (χ0n) is 17.9. The molecule has 3 aromatic rings. The Morgan fingerprint density at radius 2 is 1.42 bits per heavy atom. The minimum absolute atomic E-state index is 0.0159. The molecule has 160 valence electrons. The Balaban J connectivity index is 1.33. The largest absolute Gasteiger partial charge is 0.379 e. The maximum atomic E-state index is 12.7. The molecule has 1 saturated heterocycles. The molecular formula is C27H30N2O2. The molecule has 1 heterocycles. The number of carbonyl (C=O) groups is 1. The van der Waals surface area contributed by atoms with Crippen molar-refractivity contribution in [3.63, 3.8) is 0 Å². The van der Waals surface area contributed by atoms with Crippen LogP contribution in [0.2, 0.25) is 0 Å². The smallest absolute Gasteiger partial charge is 0.251 e. The third-order valence-electron chi connectivity index (χ3n) is 5.85. The van der Waals surface area contributed by atoms with Gasteiger partial charge in [-0.2, -0.15) is 0 Å². The molecule has 1 amide bonds. The molecule has 1 aliphatic heterocycles. The Morgan fingerprint density at radius 3 is 2.00 bits per heavy atom. The molecule has 3 aromatic carbocycles. The summed E-state index contributed by atoms with van der Waals surface area (Å²) in [4.78, 5) is 15.0. The molecule has 0 bridgehead atoms. The second-order valence-electron chi connectivity index (χ2n) is 8.00. The van der Waals surface area contributed by atoms with Gasteiger partial charge < -0.3 is 10.1 Å². The van der Waals surface area contributed by atoms with E-state index in [4.69, 9.17) is 4.74 Å². The summed E-state index contributed by atoms with van der Waals surface area (Å²) in [7, 11) is 0. The van der Waals surface area contributed by atoms with Crippen molar-refractivity contribution in [2.24, 2.45) is 0 Å². The Labute approximate surface area is 184 Å². The Morgan fingerprint density at radius 1 is 0.839 bits per heavy atom. The van der Waals surface area contributed by atoms with Crippen molar-refractivity contribution in [2.75, 3.05) is 32.8 Å². The van der Waals surface area contributed by atoms with Crippen LogP contribution in [-0.4, -0.2) is 43.7 Å². The normalized spacial score (nSPS) is 14.5. The lowest BCUT2D eigenvalue weighted by molar-refractivity contribution is 0.0342. The summed E-state index contributed by atoms with van der Waals surface area (Å²) in [6, 6.07) is 29.0. The van der Waals surface area contributed by atoms with Crippen LogP contribution in [0.5, 0.6) is 0 Å². The minimum atomic E-state index is -0.0159. The van der Waals surface area contributed by atoms with Gasteiger partial charge in [-0.25, -0.2) is 0 Å². The van der Waals surface area contributed by atoms with Crippen LogP contribution in [0, 0.1) is 0 Å². The fraction of sp³-hybridized carbons (Fsp3) is 0.296. The van der Waals surface area contributed by atoms with E-state index in [1.54, 1.807) is 0 Å². The number of ether oxygens (including phenoxy) is 1. The standard InChI is InChI=1S/C27H30N2O2/c30-27(25-13-11-22(12-14-25)21-29-17-19-31-20-18-29)28-16-15-26(23-7-3-1-4-8-23)24-9-5-2-6-10-24/h1-14,26H,15-21H2,(H,28,30). The van der Waals surface area contributed by atoms with E-state index >= 15 is 0 Å². The van der Waals surface area contributed by atoms with Crippen molar-refractivity contribution in [1.29, 1.82) is 0 Å². The van der Waals surface area contributed by atoms with E-state index in [1.165, 1.54) is 16.7 Å². The van der Waals surface area contributed by atoms with Crippen molar-refractivity contribution in [3.05, 3.63) is 107 Å². The zero-order chi connectivity index (χ0) is 21.3. The topological polar surface area (TPSA) is 41.6 Å². The quantitative estimate of drug-likeness (QED) is 0.591. The van der Waals surface area contributed by atoms with E-state index in [9.17, 15) is 4.79 Å². The summed E-state index contributed by atoms with van der Waals surface area (Å²) in [5.74, 6) is 0.247. The molecule has 0 radical (unpaired) electrons. The number of carbonyl (C=O) groups excluding carboxylic acids is 1. The van der Waals surface area contributed by atoms with Crippen LogP contribution in [0.15, 0.2) is 84.9 Å². The van der Waals surface area contributed by atoms with Gasteiger partial charge in [-0.15, -0.1) is 0 Å². The number of rotatable bonds is 8. The van der Waals surface area contributed by atoms with Crippen molar-refractivity contribution in [1.82, 2.24) is 10.2 Å². The highest BCUT2D eigenvalue weighted by Crippen LogP contribution is 2.27. The van der Waals surface area contributed by atoms with Gasteiger partial charge >= 0.3 is 0 Å². The number of morpholine rings is 1. The number of hydrogen-bond acceptors (Lipinski definition) is 3. The van der Waals surface area contributed by atoms with Crippen LogP contribution >= 0.6 is 0 Å². The van der Waals surface area contributed by atoms with Crippen LogP contribution < -0.4 is 5.32 Å². The van der Waals surface area contributed by atoms with Crippen LogP contribution in [0.3, 0.4) is 0 Å². The predicted octanol–water partition coefficient (Wildman–Crippen LogP) is 4.47. The SMILES string of the molecule is O=C(NCCC(c1ccccc1)c1ccccc1)c1ccc(CN2CCOCC2)cc1. The molecule has 0 aromatic heterocycles. The number of nitrogens with zero attached hydrogens (tertiary/aromatic N) is 1. The van der Waals surface area contributed by atoms with Crippen molar-refractivity contribution in [2.45, 2.75) is 18.9 Å². The van der Waals surface area contributed by atoms with Crippen LogP contribution in [0.1, 0.15) is 39.4 Å². The molecule has 1 aliphatic rings. The van der Waals surface area contributed by atoms with Gasteiger partial charge in [0.05, 0.1) is 13.2 Å². The molecule has 1 N–H and O–H groups in total. The molecule has 0 aliphatic carbocycles. The third-order valence-corrected chi connectivity index (χ3v) is 5.85. The molecule has 4 heteroatoms. The molecule has 31 heavy (non-hydrogen) atoms. The predicted molar refractivity (Wildman–Crippen MR) is 124 cm³/mol. The van der Waals surface area contributed by atoms with Gasteiger partial charge in [-0.3, -0.25) is 9.69 Å². The minimum Gasteiger partial charge on any atom is -0.379 e. The third kappa shape index (κ3) is 6.03. The summed E-state index contributed by atoms with van der Waals surface area (Å²) in [6.07, 6.45) is 0.856. The average Bonchev–Trinajstić information content (AvgIpc) is 2.84. The van der Waals surface area contributed by atoms with Gasteiger partial charge in [-0.1, -0.05) is 72.8 Å². The first-order valence-corrected chi connectivity index (χ1v) is 11.1. The zero-order valence-corrected chi connectivity index (χ0v) is 17.9. The Kier molecular flexibility index (Phi) is 7.48. The van der Waals surface area contributed by atoms with Crippen LogP contribution in [-0.2, 0) is 11.3 Å². The van der Waals surface area contributed by atoms with E-state index in [-0.39, 0.29) is 11.8 Å². The fourth-order valence-electron chi connectivity index (χ4n) is 4.11. The molecule has 0 spiro atoms. The summed E-state index contributed by atoms with van der Waals surface area (Å²) < 4.78 is 5.40. The average molecular weight is 415 g/mol. The van der Waals surface area contributed by atoms with Gasteiger partial charge in [0.15, 0.2) is 0 Å². The molecule has 4 nitrogen and oxygen atoms in total. The molecule has 1 fully saturated rings. The van der Waals surface area contributed by atoms with Gasteiger partial charge in [0, 0.05) is 37.7 Å². The van der Waals surface area contributed by atoms with E-state index in [1.807, 2.05) is 24.3 Å². The fourth-order valence-corrected chi connectivity index (χ4v) is 4.11. The summed E-state index contributed by atoms with van der Waals surface area (Å²) in [6.45, 7) is 5.06. The second kappa shape index (κ2) is 10.9. The van der Waals surface area contributed by atoms with Gasteiger partial charge in [0.2, 0.25) is 0 Å². The summed E-state index contributed by atoms with van der Waals surface area (Å²) >= 11 is 0. The van der Waals surface area contributed by atoms with Crippen LogP contribution in [0.4, 0.5) is 0 Å². The number of nitrogens with one attached hydrogen (secondary N) is 1. The molecule has 0 unspecified atom stereocenters. The molecular weight excluding hydrogens is 384 g/mol. The Bertz CT molecular complexity index is 896. The van der Waals surface area contributed by atoms with Crippen LogP contribution in [0.25, 0.3) is 0 Å². The monoisotopic (exact) mass is 414 g/mol. The lowest BCUT2D eigenvalue weighted by Crippen LogP contribution is -2.35. The lowest BCUT2D eigenvalue weighted by atomic mass is 9.88. The van der Waals surface area contributed by atoms with Crippen molar-refractivity contribution in [3.8, 4) is 0 Å². The first-order valence-electron chi connectivity index (χ1n) is 11.1. The highest BCUT2D eigenvalue weighted by molar-refractivity contribution is 5.94. The number of benzene rings is 3. The van der Waals surface area contributed by atoms with E-state index in [0.717, 1.165) is 39.3 Å². The van der Waals surface area contributed by atoms with Gasteiger partial charge in [0.25, 0.3) is 5.91 Å². The lowest BCUT2D eigenvalue weighted by Gasteiger charge is -2.26. The second-order valence-corrected chi connectivity index (χ2v) is 8.00. The van der Waals surface area contributed by atoms with Crippen molar-refractivity contribution >= 4 is 5.91 Å². The maximum absolute atomic E-state index is 12.7. The highest BCUT2D eigenvalue weighted by atomic mass is 16.5. The van der Waals surface area contributed by atoms with E-state index < -0.39 is 0 Å². The van der Waals surface area contributed by atoms with Crippen molar-refractivity contribution < 1.29 is 9.53 Å². The molecule has 0 atom stereocenters. The summed E-state index contributed by atoms with van der Waals surface area (Å²) in [5.41, 5.74) is 4.49. The number of amides is 1. The van der Waals surface area contributed by atoms with Gasteiger partial charge in [-0.05, 0) is 35.2 Å². The maximum Gasteiger partial charge on any atom is 0.251 e. The van der Waals surface area contributed by atoms with Gasteiger partial charge in [0.1, 0.15) is 0 Å². The van der Waals surface area contributed by atoms with E-state index in [2.05, 4.69) is 70.9 Å². The van der Waals surface area contributed by atoms with E-state index in [0.29, 0.717) is 12.1 Å². The summed E-state index contributed by atoms with van der Waals surface area (Å²) in [5, 5.41) is 3.10. The molecule has 4 rings (SSSR count).